The molecule has 1 aliphatic carbocycles. The molecule has 2 saturated heterocycles. The minimum absolute atomic E-state index is 0.0622. The summed E-state index contributed by atoms with van der Waals surface area (Å²) in [6.45, 7) is 2.82. The number of ether oxygens (including phenoxy) is 1. The number of piperazine rings is 1. The molecule has 212 valence electrons. The fourth-order valence-electron chi connectivity index (χ4n) is 6.33. The van der Waals surface area contributed by atoms with Gasteiger partial charge in [-0.05, 0) is 68.0 Å². The van der Waals surface area contributed by atoms with Gasteiger partial charge in [-0.3, -0.25) is 4.90 Å². The predicted octanol–water partition coefficient (Wildman–Crippen LogP) is 5.85. The van der Waals surface area contributed by atoms with E-state index in [1.807, 2.05) is 0 Å². The average molecular weight is 578 g/mol. The highest BCUT2D eigenvalue weighted by Crippen LogP contribution is 2.39. The maximum atomic E-state index is 14.2. The van der Waals surface area contributed by atoms with Crippen molar-refractivity contribution in [3.05, 3.63) is 64.9 Å². The summed E-state index contributed by atoms with van der Waals surface area (Å²) in [5.74, 6) is -0.423. The molecule has 3 fully saturated rings. The largest absolute Gasteiger partial charge is 0.448 e. The summed E-state index contributed by atoms with van der Waals surface area (Å²) in [4.78, 5) is 17.3. The molecule has 0 N–H and O–H groups in total. The van der Waals surface area contributed by atoms with Gasteiger partial charge in [0, 0.05) is 37.2 Å². The first-order valence-corrected chi connectivity index (χ1v) is 15.8. The molecule has 0 radical (unpaired) electrons. The molecule has 39 heavy (non-hydrogen) atoms. The minimum Gasteiger partial charge on any atom is -0.448 e. The van der Waals surface area contributed by atoms with Crippen molar-refractivity contribution in [2.45, 2.75) is 74.4 Å². The van der Waals surface area contributed by atoms with E-state index in [0.29, 0.717) is 42.6 Å². The van der Waals surface area contributed by atoms with Gasteiger partial charge in [0.1, 0.15) is 12.4 Å². The first kappa shape index (κ1) is 28.3. The Hall–Kier alpha value is -2.20. The van der Waals surface area contributed by atoms with Crippen molar-refractivity contribution in [2.24, 2.45) is 0 Å². The SMILES string of the molecule is O=C(OC[C@H]1CCC[C@@H](c2cccc(F)c2)N1S(=O)(=O)c1cccc(Cl)c1)N1CCN(C2CCCCC2)CC1. The Morgan fingerprint density at radius 2 is 1.67 bits per heavy atom. The van der Waals surface area contributed by atoms with E-state index in [1.165, 1.54) is 60.7 Å². The molecule has 2 atom stereocenters. The Labute approximate surface area is 235 Å². The summed E-state index contributed by atoms with van der Waals surface area (Å²) in [6.07, 6.45) is 7.72. The van der Waals surface area contributed by atoms with E-state index in [-0.39, 0.29) is 11.5 Å². The van der Waals surface area contributed by atoms with Gasteiger partial charge in [0.05, 0.1) is 17.0 Å². The molecular weight excluding hydrogens is 541 g/mol. The van der Waals surface area contributed by atoms with E-state index in [9.17, 15) is 17.6 Å². The molecule has 1 amide bonds. The van der Waals surface area contributed by atoms with Gasteiger partial charge in [0.15, 0.2) is 0 Å². The first-order valence-electron chi connectivity index (χ1n) is 14.0. The van der Waals surface area contributed by atoms with E-state index in [1.54, 1.807) is 29.2 Å². The quantitative estimate of drug-likeness (QED) is 0.431. The monoisotopic (exact) mass is 577 g/mol. The summed E-state index contributed by atoms with van der Waals surface area (Å²) in [6, 6.07) is 11.7. The highest BCUT2D eigenvalue weighted by Gasteiger charge is 2.41. The Morgan fingerprint density at radius 3 is 2.38 bits per heavy atom. The zero-order chi connectivity index (χ0) is 27.4. The minimum atomic E-state index is -4.02. The normalized spacial score (nSPS) is 24.0. The number of halogens is 2. The van der Waals surface area contributed by atoms with E-state index < -0.39 is 34.0 Å². The molecule has 2 aromatic carbocycles. The molecule has 1 saturated carbocycles. The number of piperidine rings is 1. The lowest BCUT2D eigenvalue weighted by Gasteiger charge is -2.42. The van der Waals surface area contributed by atoms with Gasteiger partial charge < -0.3 is 9.64 Å². The first-order chi connectivity index (χ1) is 18.8. The summed E-state index contributed by atoms with van der Waals surface area (Å²) in [7, 11) is -4.02. The lowest BCUT2D eigenvalue weighted by Crippen LogP contribution is -2.53. The fourth-order valence-corrected chi connectivity index (χ4v) is 8.47. The standard InChI is InChI=1S/C29H37ClFN3O4S/c30-23-8-5-13-27(20-23)39(36,37)34-26(12-6-14-28(34)22-7-4-9-24(31)19-22)21-38-29(35)33-17-15-32(16-18-33)25-10-2-1-3-11-25/h4-5,7-9,13,19-20,25-26,28H,1-3,6,10-12,14-18,21H2/t26-,28+/m1/s1. The van der Waals surface area contributed by atoms with Crippen LogP contribution in [0.15, 0.2) is 53.4 Å². The topological polar surface area (TPSA) is 70.2 Å². The van der Waals surface area contributed by atoms with Crippen molar-refractivity contribution in [1.29, 1.82) is 0 Å². The third kappa shape index (κ3) is 6.59. The smallest absolute Gasteiger partial charge is 0.409 e. The molecule has 0 unspecified atom stereocenters. The number of hydrogen-bond acceptors (Lipinski definition) is 5. The van der Waals surface area contributed by atoms with Crippen molar-refractivity contribution in [1.82, 2.24) is 14.1 Å². The lowest BCUT2D eigenvalue weighted by atomic mass is 9.93. The van der Waals surface area contributed by atoms with Crippen LogP contribution in [0.25, 0.3) is 0 Å². The van der Waals surface area contributed by atoms with E-state index in [2.05, 4.69) is 4.90 Å². The van der Waals surface area contributed by atoms with E-state index >= 15 is 0 Å². The van der Waals surface area contributed by atoms with Crippen molar-refractivity contribution in [3.8, 4) is 0 Å². The molecule has 0 aromatic heterocycles. The number of rotatable bonds is 6. The number of amides is 1. The Bertz CT molecular complexity index is 1250. The van der Waals surface area contributed by atoms with Crippen LogP contribution in [0.4, 0.5) is 9.18 Å². The second kappa shape index (κ2) is 12.5. The molecule has 2 aliphatic heterocycles. The predicted molar refractivity (Wildman–Crippen MR) is 149 cm³/mol. The van der Waals surface area contributed by atoms with Crippen LogP contribution < -0.4 is 0 Å². The van der Waals surface area contributed by atoms with Crippen LogP contribution in [0.1, 0.15) is 63.0 Å². The number of nitrogens with zero attached hydrogens (tertiary/aromatic N) is 3. The number of sulfonamides is 1. The van der Waals surface area contributed by atoms with Crippen LogP contribution in [0, 0.1) is 5.82 Å². The fraction of sp³-hybridized carbons (Fsp3) is 0.552. The van der Waals surface area contributed by atoms with Crippen LogP contribution >= 0.6 is 11.6 Å². The summed E-state index contributed by atoms with van der Waals surface area (Å²) in [5, 5.41) is 0.311. The Balaban J connectivity index is 1.30. The van der Waals surface area contributed by atoms with Gasteiger partial charge in [-0.1, -0.05) is 49.1 Å². The summed E-state index contributed by atoms with van der Waals surface area (Å²) in [5.41, 5.74) is 0.579. The summed E-state index contributed by atoms with van der Waals surface area (Å²) >= 11 is 6.14. The van der Waals surface area contributed by atoms with Crippen LogP contribution in [0.2, 0.25) is 5.02 Å². The van der Waals surface area contributed by atoms with Crippen molar-refractivity contribution >= 4 is 27.7 Å². The number of benzene rings is 2. The van der Waals surface area contributed by atoms with Gasteiger partial charge in [-0.2, -0.15) is 4.31 Å². The molecule has 2 aromatic rings. The van der Waals surface area contributed by atoms with Gasteiger partial charge in [-0.25, -0.2) is 17.6 Å². The van der Waals surface area contributed by atoms with Crippen LogP contribution in [0.5, 0.6) is 0 Å². The highest BCUT2D eigenvalue weighted by molar-refractivity contribution is 7.89. The number of carbonyl (C=O) groups is 1. The maximum Gasteiger partial charge on any atom is 0.409 e. The average Bonchev–Trinajstić information content (AvgIpc) is 2.96. The second-order valence-electron chi connectivity index (χ2n) is 10.8. The molecule has 5 rings (SSSR count). The molecule has 2 heterocycles. The highest BCUT2D eigenvalue weighted by atomic mass is 35.5. The summed E-state index contributed by atoms with van der Waals surface area (Å²) < 4.78 is 49.3. The van der Waals surface area contributed by atoms with Gasteiger partial charge in [0.2, 0.25) is 10.0 Å². The van der Waals surface area contributed by atoms with Gasteiger partial charge in [0.25, 0.3) is 0 Å². The lowest BCUT2D eigenvalue weighted by molar-refractivity contribution is 0.0382. The Morgan fingerprint density at radius 1 is 0.923 bits per heavy atom. The molecule has 0 spiro atoms. The van der Waals surface area contributed by atoms with E-state index in [4.69, 9.17) is 16.3 Å². The third-order valence-corrected chi connectivity index (χ3v) is 10.5. The Kier molecular flexibility index (Phi) is 9.11. The zero-order valence-electron chi connectivity index (χ0n) is 22.2. The molecule has 3 aliphatic rings. The zero-order valence-corrected chi connectivity index (χ0v) is 23.8. The van der Waals surface area contributed by atoms with Gasteiger partial charge in [-0.15, -0.1) is 0 Å². The van der Waals surface area contributed by atoms with Crippen LogP contribution in [-0.2, 0) is 14.8 Å². The molecule has 7 nitrogen and oxygen atoms in total. The second-order valence-corrected chi connectivity index (χ2v) is 13.1. The van der Waals surface area contributed by atoms with Gasteiger partial charge >= 0.3 is 6.09 Å². The molecule has 0 bridgehead atoms. The maximum absolute atomic E-state index is 14.2. The van der Waals surface area contributed by atoms with E-state index in [0.717, 1.165) is 19.5 Å². The third-order valence-electron chi connectivity index (χ3n) is 8.35. The molecular formula is C29H37ClFN3O4S. The van der Waals surface area contributed by atoms with Crippen LogP contribution in [0.3, 0.4) is 0 Å². The van der Waals surface area contributed by atoms with Crippen LogP contribution in [-0.4, -0.2) is 73.5 Å². The number of carbonyl (C=O) groups excluding carboxylic acids is 1. The molecule has 10 heteroatoms. The van der Waals surface area contributed by atoms with Crippen molar-refractivity contribution in [2.75, 3.05) is 32.8 Å². The number of hydrogen-bond donors (Lipinski definition) is 0. The van der Waals surface area contributed by atoms with Crippen molar-refractivity contribution in [3.63, 3.8) is 0 Å². The van der Waals surface area contributed by atoms with Crippen molar-refractivity contribution < 1.29 is 22.3 Å².